The zero-order valence-corrected chi connectivity index (χ0v) is 15.8. The first-order valence-corrected chi connectivity index (χ1v) is 8.70. The molecule has 2 rings (SSSR count). The monoisotopic (exact) mass is 367 g/mol. The SMILES string of the molecule is CN(CC(=O)NC(C)(C)C)C(=O)Cn1c(-c2cccs2)n[nH]c1=S. The summed E-state index contributed by atoms with van der Waals surface area (Å²) < 4.78 is 2.01. The molecular formula is C15H21N5O2S2. The van der Waals surface area contributed by atoms with E-state index in [0.29, 0.717) is 10.6 Å². The third kappa shape index (κ3) is 4.75. The number of H-pyrrole nitrogens is 1. The number of carbonyl (C=O) groups is 2. The third-order valence-electron chi connectivity index (χ3n) is 3.11. The highest BCUT2D eigenvalue weighted by molar-refractivity contribution is 7.71. The van der Waals surface area contributed by atoms with E-state index in [1.807, 2.05) is 38.3 Å². The number of hydrogen-bond donors (Lipinski definition) is 2. The fraction of sp³-hybridized carbons (Fsp3) is 0.467. The van der Waals surface area contributed by atoms with Crippen molar-refractivity contribution >= 4 is 35.4 Å². The van der Waals surface area contributed by atoms with Gasteiger partial charge >= 0.3 is 0 Å². The van der Waals surface area contributed by atoms with Gasteiger partial charge in [0.25, 0.3) is 0 Å². The van der Waals surface area contributed by atoms with Crippen molar-refractivity contribution < 1.29 is 9.59 Å². The summed E-state index contributed by atoms with van der Waals surface area (Å²) in [5, 5.41) is 11.7. The van der Waals surface area contributed by atoms with Crippen molar-refractivity contribution in [3.8, 4) is 10.7 Å². The molecule has 0 unspecified atom stereocenters. The summed E-state index contributed by atoms with van der Waals surface area (Å²) in [6.07, 6.45) is 0. The molecule has 24 heavy (non-hydrogen) atoms. The maximum Gasteiger partial charge on any atom is 0.242 e. The Balaban J connectivity index is 2.06. The largest absolute Gasteiger partial charge is 0.350 e. The lowest BCUT2D eigenvalue weighted by atomic mass is 10.1. The summed E-state index contributed by atoms with van der Waals surface area (Å²) in [5.74, 6) is 0.206. The molecule has 0 aliphatic rings. The van der Waals surface area contributed by atoms with E-state index in [1.54, 1.807) is 11.6 Å². The number of rotatable bonds is 5. The molecule has 0 bridgehead atoms. The first-order valence-electron chi connectivity index (χ1n) is 7.41. The molecular weight excluding hydrogens is 346 g/mol. The predicted molar refractivity (Wildman–Crippen MR) is 96.3 cm³/mol. The number of hydrogen-bond acceptors (Lipinski definition) is 5. The maximum atomic E-state index is 12.4. The maximum absolute atomic E-state index is 12.4. The van der Waals surface area contributed by atoms with Gasteiger partial charge in [0.15, 0.2) is 10.6 Å². The second-order valence-corrected chi connectivity index (χ2v) is 7.80. The van der Waals surface area contributed by atoms with Crippen molar-refractivity contribution in [3.05, 3.63) is 22.3 Å². The molecule has 0 saturated carbocycles. The van der Waals surface area contributed by atoms with Crippen molar-refractivity contribution in [3.63, 3.8) is 0 Å². The molecule has 130 valence electrons. The Labute approximate surface area is 149 Å². The standard InChI is InChI=1S/C15H21N5O2S2/c1-15(2,3)16-11(21)8-19(4)12(22)9-20-13(17-18-14(20)23)10-6-5-7-24-10/h5-7H,8-9H2,1-4H3,(H,16,21)(H,18,23). The van der Waals surface area contributed by atoms with Crippen LogP contribution in [-0.4, -0.2) is 50.6 Å². The molecule has 0 saturated heterocycles. The summed E-state index contributed by atoms with van der Waals surface area (Å²) in [6.45, 7) is 5.71. The fourth-order valence-electron chi connectivity index (χ4n) is 2.08. The number of likely N-dealkylation sites (N-methyl/N-ethyl adjacent to an activating group) is 1. The van der Waals surface area contributed by atoms with Crippen LogP contribution in [0.1, 0.15) is 20.8 Å². The highest BCUT2D eigenvalue weighted by atomic mass is 32.1. The molecule has 0 aromatic carbocycles. The number of amides is 2. The zero-order valence-electron chi connectivity index (χ0n) is 14.1. The first kappa shape index (κ1) is 18.3. The highest BCUT2D eigenvalue weighted by Gasteiger charge is 2.19. The Morgan fingerprint density at radius 1 is 1.46 bits per heavy atom. The Kier molecular flexibility index (Phi) is 5.55. The van der Waals surface area contributed by atoms with Crippen LogP contribution in [0.2, 0.25) is 0 Å². The van der Waals surface area contributed by atoms with E-state index in [0.717, 1.165) is 4.88 Å². The van der Waals surface area contributed by atoms with Gasteiger partial charge in [-0.15, -0.1) is 11.3 Å². The van der Waals surface area contributed by atoms with Crippen LogP contribution in [0, 0.1) is 4.77 Å². The van der Waals surface area contributed by atoms with E-state index in [1.165, 1.54) is 16.2 Å². The van der Waals surface area contributed by atoms with Crippen molar-refractivity contribution in [2.75, 3.05) is 13.6 Å². The summed E-state index contributed by atoms with van der Waals surface area (Å²) in [7, 11) is 1.60. The second kappa shape index (κ2) is 7.27. The quantitative estimate of drug-likeness (QED) is 0.792. The molecule has 2 amide bonds. The molecule has 2 aromatic heterocycles. The first-order chi connectivity index (χ1) is 11.2. The lowest BCUT2D eigenvalue weighted by Crippen LogP contribution is -2.46. The van der Waals surface area contributed by atoms with Crippen LogP contribution in [-0.2, 0) is 16.1 Å². The molecule has 2 N–H and O–H groups in total. The van der Waals surface area contributed by atoms with E-state index in [2.05, 4.69) is 15.5 Å². The average molecular weight is 368 g/mol. The van der Waals surface area contributed by atoms with Gasteiger partial charge in [-0.25, -0.2) is 0 Å². The zero-order chi connectivity index (χ0) is 17.9. The molecule has 2 aromatic rings. The fourth-order valence-corrected chi connectivity index (χ4v) is 2.99. The lowest BCUT2D eigenvalue weighted by molar-refractivity contribution is -0.135. The number of aromatic nitrogens is 3. The highest BCUT2D eigenvalue weighted by Crippen LogP contribution is 2.22. The van der Waals surface area contributed by atoms with Gasteiger partial charge in [-0.05, 0) is 44.4 Å². The summed E-state index contributed by atoms with van der Waals surface area (Å²) in [5.41, 5.74) is -0.333. The summed E-state index contributed by atoms with van der Waals surface area (Å²) >= 11 is 6.73. The Morgan fingerprint density at radius 3 is 2.75 bits per heavy atom. The van der Waals surface area contributed by atoms with E-state index < -0.39 is 0 Å². The van der Waals surface area contributed by atoms with Gasteiger partial charge in [-0.2, -0.15) is 5.10 Å². The normalized spacial score (nSPS) is 11.3. The van der Waals surface area contributed by atoms with Gasteiger partial charge in [0.1, 0.15) is 6.54 Å². The van der Waals surface area contributed by atoms with Gasteiger partial charge in [-0.1, -0.05) is 6.07 Å². The number of nitrogens with one attached hydrogen (secondary N) is 2. The van der Waals surface area contributed by atoms with Crippen LogP contribution < -0.4 is 5.32 Å². The number of carbonyl (C=O) groups excluding carboxylic acids is 2. The summed E-state index contributed by atoms with van der Waals surface area (Å²) in [4.78, 5) is 26.7. The molecule has 0 spiro atoms. The van der Waals surface area contributed by atoms with Crippen LogP contribution in [0.15, 0.2) is 17.5 Å². The van der Waals surface area contributed by atoms with Crippen molar-refractivity contribution in [2.45, 2.75) is 32.9 Å². The van der Waals surface area contributed by atoms with Crippen LogP contribution in [0.25, 0.3) is 10.7 Å². The Morgan fingerprint density at radius 2 is 2.17 bits per heavy atom. The van der Waals surface area contributed by atoms with Crippen LogP contribution in [0.4, 0.5) is 0 Å². The topological polar surface area (TPSA) is 83.0 Å². The number of aromatic amines is 1. The van der Waals surface area contributed by atoms with Crippen molar-refractivity contribution in [1.29, 1.82) is 0 Å². The molecule has 0 aliphatic heterocycles. The van der Waals surface area contributed by atoms with E-state index >= 15 is 0 Å². The molecule has 0 atom stereocenters. The Bertz CT molecular complexity index is 771. The van der Waals surface area contributed by atoms with Crippen molar-refractivity contribution in [1.82, 2.24) is 25.0 Å². The number of thiophene rings is 1. The third-order valence-corrected chi connectivity index (χ3v) is 4.29. The second-order valence-electron chi connectivity index (χ2n) is 6.46. The molecule has 9 heteroatoms. The average Bonchev–Trinajstić information content (AvgIpc) is 3.07. The van der Waals surface area contributed by atoms with E-state index in [-0.39, 0.29) is 30.4 Å². The van der Waals surface area contributed by atoms with Crippen LogP contribution >= 0.6 is 23.6 Å². The Hall–Kier alpha value is -2.00. The molecule has 0 fully saturated rings. The van der Waals surface area contributed by atoms with Gasteiger partial charge in [-0.3, -0.25) is 19.3 Å². The van der Waals surface area contributed by atoms with E-state index in [9.17, 15) is 9.59 Å². The minimum absolute atomic E-state index is 0.00435. The lowest BCUT2D eigenvalue weighted by Gasteiger charge is -2.23. The number of nitrogens with zero attached hydrogens (tertiary/aromatic N) is 3. The summed E-state index contributed by atoms with van der Waals surface area (Å²) in [6, 6.07) is 3.82. The van der Waals surface area contributed by atoms with Gasteiger partial charge in [0.05, 0.1) is 11.4 Å². The minimum atomic E-state index is -0.333. The molecule has 0 aliphatic carbocycles. The van der Waals surface area contributed by atoms with Crippen LogP contribution in [0.3, 0.4) is 0 Å². The predicted octanol–water partition coefficient (Wildman–Crippen LogP) is 2.04. The molecule has 7 nitrogen and oxygen atoms in total. The van der Waals surface area contributed by atoms with Gasteiger partial charge < -0.3 is 10.2 Å². The molecule has 0 radical (unpaired) electrons. The van der Waals surface area contributed by atoms with Crippen LogP contribution in [0.5, 0.6) is 0 Å². The van der Waals surface area contributed by atoms with Gasteiger partial charge in [0, 0.05) is 12.6 Å². The smallest absolute Gasteiger partial charge is 0.242 e. The van der Waals surface area contributed by atoms with E-state index in [4.69, 9.17) is 12.2 Å². The van der Waals surface area contributed by atoms with Gasteiger partial charge in [0.2, 0.25) is 11.8 Å². The minimum Gasteiger partial charge on any atom is -0.350 e. The molecule has 2 heterocycles. The van der Waals surface area contributed by atoms with Crippen molar-refractivity contribution in [2.24, 2.45) is 0 Å².